The van der Waals surface area contributed by atoms with Crippen LogP contribution in [-0.4, -0.2) is 9.13 Å². The van der Waals surface area contributed by atoms with Crippen molar-refractivity contribution in [2.75, 3.05) is 0 Å². The number of aromatic nitrogens is 2. The maximum Gasteiger partial charge on any atom is 0.174 e. The van der Waals surface area contributed by atoms with Gasteiger partial charge in [0.2, 0.25) is 0 Å². The van der Waals surface area contributed by atoms with Crippen molar-refractivity contribution in [1.29, 1.82) is 0 Å². The van der Waals surface area contributed by atoms with Crippen LogP contribution >= 0.6 is 7.14 Å². The van der Waals surface area contributed by atoms with Crippen LogP contribution < -0.4 is 20.7 Å². The third kappa shape index (κ3) is 6.58. The van der Waals surface area contributed by atoms with Crippen LogP contribution in [0.25, 0.3) is 77.2 Å². The maximum absolute atomic E-state index is 16.1. The fourth-order valence-electron chi connectivity index (χ4n) is 9.58. The van der Waals surface area contributed by atoms with Gasteiger partial charge in [0.15, 0.2) is 7.14 Å². The van der Waals surface area contributed by atoms with E-state index in [2.05, 4.69) is 179 Å². The molecule has 0 atom stereocenters. The van der Waals surface area contributed by atoms with E-state index >= 15 is 4.57 Å². The summed E-state index contributed by atoms with van der Waals surface area (Å²) in [6.45, 7) is 0. The molecule has 0 saturated heterocycles. The Morgan fingerprint density at radius 3 is 1.08 bits per heavy atom. The normalized spacial score (nSPS) is 11.8. The number of nitrogens with zero attached hydrogens (tertiary/aromatic N) is 2. The number of para-hydroxylation sites is 4. The molecular weight excluding hydrogens is 812 g/mol. The first kappa shape index (κ1) is 38.5. The molecule has 65 heavy (non-hydrogen) atoms. The Morgan fingerprint density at radius 1 is 0.323 bits per heavy atom. The molecule has 5 heteroatoms. The molecule has 0 amide bonds. The van der Waals surface area contributed by atoms with Crippen LogP contribution in [0.15, 0.2) is 249 Å². The minimum atomic E-state index is -3.45. The van der Waals surface area contributed by atoms with Crippen molar-refractivity contribution in [1.82, 2.24) is 9.13 Å². The highest BCUT2D eigenvalue weighted by atomic mass is 31.2. The Kier molecular flexibility index (Phi) is 9.40. The van der Waals surface area contributed by atoms with Crippen LogP contribution in [-0.2, 0) is 4.57 Å². The standard InChI is InChI=1S/C60H41N2O2P/c63-65(49-15-3-1-4-16-49,50-17-5-2-6-18-50)60-41-45(44-29-36-47(37-30-44)62-57-25-13-9-21-53(57)54-22-10-14-26-58(54)62)33-40-59(60)64-48-38-31-43(32-39-48)42-27-34-46(35-28-42)61-55-23-11-7-19-51(55)52-20-8-12-24-56(52)61/h1-41H. The Hall–Kier alpha value is -8.17. The van der Waals surface area contributed by atoms with Crippen LogP contribution in [0.1, 0.15) is 0 Å². The largest absolute Gasteiger partial charge is 0.457 e. The summed E-state index contributed by atoms with van der Waals surface area (Å²) in [6, 6.07) is 85.5. The highest BCUT2D eigenvalue weighted by Gasteiger charge is 2.33. The van der Waals surface area contributed by atoms with Gasteiger partial charge in [-0.05, 0) is 95.1 Å². The number of hydrogen-bond donors (Lipinski definition) is 0. The van der Waals surface area contributed by atoms with Gasteiger partial charge in [0.25, 0.3) is 0 Å². The van der Waals surface area contributed by atoms with E-state index in [-0.39, 0.29) is 0 Å². The monoisotopic (exact) mass is 852 g/mol. The first-order chi connectivity index (χ1) is 32.1. The Bertz CT molecular complexity index is 3590. The predicted molar refractivity (Wildman–Crippen MR) is 272 cm³/mol. The van der Waals surface area contributed by atoms with Crippen molar-refractivity contribution in [3.05, 3.63) is 249 Å². The molecule has 12 rings (SSSR count). The summed E-state index contributed by atoms with van der Waals surface area (Å²) < 4.78 is 27.5. The lowest BCUT2D eigenvalue weighted by atomic mass is 10.0. The third-order valence-electron chi connectivity index (χ3n) is 12.7. The van der Waals surface area contributed by atoms with Crippen molar-refractivity contribution in [2.45, 2.75) is 0 Å². The van der Waals surface area contributed by atoms with Gasteiger partial charge in [0.05, 0.1) is 27.4 Å². The molecule has 4 nitrogen and oxygen atoms in total. The Labute approximate surface area is 377 Å². The fraction of sp³-hybridized carbons (Fsp3) is 0. The SMILES string of the molecule is O=P(c1ccccc1)(c1ccccc1)c1cc(-c2ccc(-n3c4ccccc4c4ccccc43)cc2)ccc1Oc1ccc(-c2ccc(-n3c4ccccc4c4ccccc43)cc2)cc1. The quantitative estimate of drug-likeness (QED) is 0.136. The minimum Gasteiger partial charge on any atom is -0.457 e. The molecular formula is C60H41N2O2P. The van der Waals surface area contributed by atoms with Crippen LogP contribution in [0, 0.1) is 0 Å². The summed E-state index contributed by atoms with van der Waals surface area (Å²) in [4.78, 5) is 0. The smallest absolute Gasteiger partial charge is 0.174 e. The number of benzene rings is 10. The van der Waals surface area contributed by atoms with E-state index in [1.165, 1.54) is 43.6 Å². The summed E-state index contributed by atoms with van der Waals surface area (Å²) in [7, 11) is -3.45. The van der Waals surface area contributed by atoms with E-state index in [9.17, 15) is 0 Å². The lowest BCUT2D eigenvalue weighted by molar-refractivity contribution is 0.486. The van der Waals surface area contributed by atoms with Gasteiger partial charge in [0, 0.05) is 43.5 Å². The van der Waals surface area contributed by atoms with Crippen LogP contribution in [0.5, 0.6) is 11.5 Å². The van der Waals surface area contributed by atoms with Crippen molar-refractivity contribution < 1.29 is 9.30 Å². The first-order valence-corrected chi connectivity index (χ1v) is 23.6. The average molecular weight is 853 g/mol. The predicted octanol–water partition coefficient (Wildman–Crippen LogP) is 14.6. The molecule has 0 aliphatic heterocycles. The maximum atomic E-state index is 16.1. The number of fused-ring (bicyclic) bond motifs is 6. The highest BCUT2D eigenvalue weighted by Crippen LogP contribution is 2.47. The first-order valence-electron chi connectivity index (χ1n) is 21.9. The highest BCUT2D eigenvalue weighted by molar-refractivity contribution is 7.85. The van der Waals surface area contributed by atoms with Crippen molar-refractivity contribution in [3.8, 4) is 45.1 Å². The van der Waals surface area contributed by atoms with Crippen molar-refractivity contribution in [3.63, 3.8) is 0 Å². The van der Waals surface area contributed by atoms with Crippen LogP contribution in [0.3, 0.4) is 0 Å². The summed E-state index contributed by atoms with van der Waals surface area (Å²) in [5.41, 5.74) is 11.0. The summed E-state index contributed by atoms with van der Waals surface area (Å²) in [5.74, 6) is 1.21. The minimum absolute atomic E-state index is 0.551. The summed E-state index contributed by atoms with van der Waals surface area (Å²) in [5, 5.41) is 7.08. The molecule has 10 aromatic carbocycles. The number of hydrogen-bond acceptors (Lipinski definition) is 2. The molecule has 0 radical (unpaired) electrons. The summed E-state index contributed by atoms with van der Waals surface area (Å²) in [6.07, 6.45) is 0. The number of ether oxygens (including phenoxy) is 1. The van der Waals surface area contributed by atoms with Crippen molar-refractivity contribution >= 4 is 66.7 Å². The fourth-order valence-corrected chi connectivity index (χ4v) is 12.4. The van der Waals surface area contributed by atoms with E-state index in [4.69, 9.17) is 4.74 Å². The second-order valence-electron chi connectivity index (χ2n) is 16.4. The molecule has 0 N–H and O–H groups in total. The summed E-state index contributed by atoms with van der Waals surface area (Å²) >= 11 is 0. The van der Waals surface area contributed by atoms with Gasteiger partial charge in [-0.3, -0.25) is 0 Å². The molecule has 0 bridgehead atoms. The van der Waals surface area contributed by atoms with Crippen LogP contribution in [0.4, 0.5) is 0 Å². The van der Waals surface area contributed by atoms with Gasteiger partial charge in [-0.15, -0.1) is 0 Å². The molecule has 0 fully saturated rings. The van der Waals surface area contributed by atoms with Gasteiger partial charge in [0.1, 0.15) is 11.5 Å². The molecule has 0 unspecified atom stereocenters. The molecule has 12 aromatic rings. The molecule has 0 aliphatic rings. The molecule has 2 aromatic heterocycles. The molecule has 308 valence electrons. The lowest BCUT2D eigenvalue weighted by Crippen LogP contribution is -2.26. The molecule has 0 spiro atoms. The van der Waals surface area contributed by atoms with E-state index in [0.29, 0.717) is 16.8 Å². The van der Waals surface area contributed by atoms with Crippen molar-refractivity contribution in [2.24, 2.45) is 0 Å². The van der Waals surface area contributed by atoms with Crippen LogP contribution in [0.2, 0.25) is 0 Å². The van der Waals surface area contributed by atoms with Gasteiger partial charge in [-0.1, -0.05) is 176 Å². The van der Waals surface area contributed by atoms with E-state index in [1.54, 1.807) is 0 Å². The molecule has 0 saturated carbocycles. The van der Waals surface area contributed by atoms with Gasteiger partial charge in [-0.25, -0.2) is 0 Å². The Balaban J connectivity index is 0.907. The van der Waals surface area contributed by atoms with E-state index in [0.717, 1.165) is 44.2 Å². The average Bonchev–Trinajstić information content (AvgIpc) is 3.90. The topological polar surface area (TPSA) is 36.2 Å². The zero-order valence-electron chi connectivity index (χ0n) is 35.3. The number of rotatable bonds is 9. The second-order valence-corrected chi connectivity index (χ2v) is 19.2. The molecule has 0 aliphatic carbocycles. The van der Waals surface area contributed by atoms with E-state index < -0.39 is 7.14 Å². The Morgan fingerprint density at radius 2 is 0.662 bits per heavy atom. The van der Waals surface area contributed by atoms with Gasteiger partial charge in [-0.2, -0.15) is 0 Å². The zero-order chi connectivity index (χ0) is 43.3. The third-order valence-corrected chi connectivity index (χ3v) is 15.8. The van der Waals surface area contributed by atoms with Gasteiger partial charge >= 0.3 is 0 Å². The molecule has 2 heterocycles. The lowest BCUT2D eigenvalue weighted by Gasteiger charge is -2.23. The van der Waals surface area contributed by atoms with Gasteiger partial charge < -0.3 is 18.4 Å². The zero-order valence-corrected chi connectivity index (χ0v) is 36.2. The second kappa shape index (κ2) is 15.9. The van der Waals surface area contributed by atoms with E-state index in [1.807, 2.05) is 78.9 Å².